The molecular formula is C12H13ClFNS. The summed E-state index contributed by atoms with van der Waals surface area (Å²) in [5.41, 5.74) is 7.59. The second-order valence-electron chi connectivity index (χ2n) is 3.52. The van der Waals surface area contributed by atoms with Gasteiger partial charge in [-0.2, -0.15) is 0 Å². The Morgan fingerprint density at radius 2 is 2.06 bits per heavy atom. The largest absolute Gasteiger partial charge is 0.320 e. The smallest absolute Gasteiger partial charge is 0.128 e. The van der Waals surface area contributed by atoms with Gasteiger partial charge in [0.1, 0.15) is 5.82 Å². The number of benzene rings is 1. The van der Waals surface area contributed by atoms with Crippen molar-refractivity contribution < 1.29 is 4.39 Å². The van der Waals surface area contributed by atoms with Crippen molar-refractivity contribution in [3.8, 4) is 0 Å². The maximum atomic E-state index is 13.5. The summed E-state index contributed by atoms with van der Waals surface area (Å²) in [6.45, 7) is 1.93. The fourth-order valence-electron chi connectivity index (χ4n) is 1.52. The Hall–Kier alpha value is -0.900. The van der Waals surface area contributed by atoms with E-state index in [0.717, 1.165) is 10.4 Å². The van der Waals surface area contributed by atoms with E-state index in [4.69, 9.17) is 5.73 Å². The van der Waals surface area contributed by atoms with E-state index >= 15 is 0 Å². The molecule has 0 saturated carbocycles. The Labute approximate surface area is 105 Å². The van der Waals surface area contributed by atoms with Gasteiger partial charge in [-0.25, -0.2) is 4.39 Å². The van der Waals surface area contributed by atoms with Crippen LogP contribution in [0.4, 0.5) is 4.39 Å². The fraction of sp³-hybridized carbons (Fsp3) is 0.167. The fourth-order valence-corrected chi connectivity index (χ4v) is 2.27. The first-order chi connectivity index (χ1) is 7.18. The van der Waals surface area contributed by atoms with Gasteiger partial charge < -0.3 is 5.73 Å². The molecular weight excluding hydrogens is 245 g/mol. The van der Waals surface area contributed by atoms with E-state index in [1.165, 1.54) is 6.07 Å². The molecule has 0 saturated heterocycles. The topological polar surface area (TPSA) is 26.0 Å². The molecule has 1 nitrogen and oxygen atoms in total. The molecule has 0 amide bonds. The lowest BCUT2D eigenvalue weighted by Crippen LogP contribution is -2.12. The van der Waals surface area contributed by atoms with Crippen molar-refractivity contribution in [1.82, 2.24) is 0 Å². The van der Waals surface area contributed by atoms with Crippen LogP contribution >= 0.6 is 23.7 Å². The highest BCUT2D eigenvalue weighted by atomic mass is 35.5. The van der Waals surface area contributed by atoms with E-state index < -0.39 is 0 Å². The van der Waals surface area contributed by atoms with Crippen LogP contribution < -0.4 is 5.73 Å². The molecule has 86 valence electrons. The van der Waals surface area contributed by atoms with Crippen LogP contribution in [0.15, 0.2) is 35.7 Å². The predicted octanol–water partition coefficient (Wildman–Crippen LogP) is 3.67. The van der Waals surface area contributed by atoms with Gasteiger partial charge in [0.15, 0.2) is 0 Å². The van der Waals surface area contributed by atoms with Gasteiger partial charge in [0.25, 0.3) is 0 Å². The van der Waals surface area contributed by atoms with E-state index in [-0.39, 0.29) is 24.3 Å². The summed E-state index contributed by atoms with van der Waals surface area (Å²) >= 11 is 1.55. The third-order valence-corrected chi connectivity index (χ3v) is 3.29. The maximum Gasteiger partial charge on any atom is 0.128 e. The molecule has 0 aliphatic carbocycles. The Kier molecular flexibility index (Phi) is 4.47. The third kappa shape index (κ3) is 2.61. The minimum Gasteiger partial charge on any atom is -0.320 e. The highest BCUT2D eigenvalue weighted by Gasteiger charge is 2.14. The second-order valence-corrected chi connectivity index (χ2v) is 4.50. The molecule has 0 aliphatic rings. The summed E-state index contributed by atoms with van der Waals surface area (Å²) in [5, 5.41) is 1.95. The Bertz CT molecular complexity index is 456. The molecule has 0 radical (unpaired) electrons. The van der Waals surface area contributed by atoms with Gasteiger partial charge in [-0.15, -0.1) is 23.7 Å². The minimum atomic E-state index is -0.357. The molecule has 1 aromatic heterocycles. The van der Waals surface area contributed by atoms with Gasteiger partial charge >= 0.3 is 0 Å². The molecule has 0 aliphatic heterocycles. The number of aryl methyl sites for hydroxylation is 1. The highest BCUT2D eigenvalue weighted by Crippen LogP contribution is 2.26. The Morgan fingerprint density at radius 1 is 1.31 bits per heavy atom. The number of hydrogen-bond donors (Lipinski definition) is 1. The first kappa shape index (κ1) is 13.2. The number of nitrogens with two attached hydrogens (primary N) is 1. The summed E-state index contributed by atoms with van der Waals surface area (Å²) < 4.78 is 13.5. The van der Waals surface area contributed by atoms with Crippen LogP contribution in [0.25, 0.3) is 0 Å². The number of hydrogen-bond acceptors (Lipinski definition) is 2. The Balaban J connectivity index is 0.00000128. The molecule has 0 unspecified atom stereocenters. The average molecular weight is 258 g/mol. The van der Waals surface area contributed by atoms with Crippen LogP contribution in [0, 0.1) is 12.7 Å². The summed E-state index contributed by atoms with van der Waals surface area (Å²) in [5.74, 6) is -0.235. The summed E-state index contributed by atoms with van der Waals surface area (Å²) in [4.78, 5) is 0.986. The monoisotopic (exact) mass is 257 g/mol. The molecule has 2 rings (SSSR count). The van der Waals surface area contributed by atoms with Crippen molar-refractivity contribution >= 4 is 23.7 Å². The van der Waals surface area contributed by atoms with Gasteiger partial charge in [-0.3, -0.25) is 0 Å². The first-order valence-corrected chi connectivity index (χ1v) is 5.61. The van der Waals surface area contributed by atoms with E-state index in [2.05, 4.69) is 0 Å². The van der Waals surface area contributed by atoms with Crippen molar-refractivity contribution in [2.45, 2.75) is 13.0 Å². The van der Waals surface area contributed by atoms with Gasteiger partial charge in [-0.05, 0) is 24.4 Å². The summed E-state index contributed by atoms with van der Waals surface area (Å²) in [6, 6.07) is 8.52. The van der Waals surface area contributed by atoms with Crippen LogP contribution in [0.5, 0.6) is 0 Å². The van der Waals surface area contributed by atoms with Crippen LogP contribution in [-0.2, 0) is 0 Å². The van der Waals surface area contributed by atoms with Crippen molar-refractivity contribution in [3.05, 3.63) is 57.5 Å². The van der Waals surface area contributed by atoms with E-state index in [0.29, 0.717) is 5.56 Å². The SMILES string of the molecule is Cc1ccc(F)c([C@@H](N)c2cccs2)c1.Cl. The number of rotatable bonds is 2. The average Bonchev–Trinajstić information content (AvgIpc) is 2.74. The molecule has 0 spiro atoms. The lowest BCUT2D eigenvalue weighted by Gasteiger charge is -2.11. The molecule has 1 aromatic carbocycles. The molecule has 0 bridgehead atoms. The van der Waals surface area contributed by atoms with Crippen LogP contribution in [0.1, 0.15) is 22.0 Å². The molecule has 16 heavy (non-hydrogen) atoms. The number of thiophene rings is 1. The lowest BCUT2D eigenvalue weighted by atomic mass is 10.0. The molecule has 2 aromatic rings. The van der Waals surface area contributed by atoms with Gasteiger partial charge in [0.05, 0.1) is 6.04 Å². The quantitative estimate of drug-likeness (QED) is 0.873. The van der Waals surface area contributed by atoms with Gasteiger partial charge in [-0.1, -0.05) is 23.8 Å². The number of halogens is 2. The molecule has 4 heteroatoms. The van der Waals surface area contributed by atoms with Crippen molar-refractivity contribution in [2.75, 3.05) is 0 Å². The van der Waals surface area contributed by atoms with Gasteiger partial charge in [0, 0.05) is 10.4 Å². The zero-order chi connectivity index (χ0) is 10.8. The van der Waals surface area contributed by atoms with E-state index in [1.54, 1.807) is 23.5 Å². The molecule has 1 heterocycles. The van der Waals surface area contributed by atoms with Crippen LogP contribution in [0.2, 0.25) is 0 Å². The first-order valence-electron chi connectivity index (χ1n) is 4.73. The lowest BCUT2D eigenvalue weighted by molar-refractivity contribution is 0.600. The van der Waals surface area contributed by atoms with Gasteiger partial charge in [0.2, 0.25) is 0 Å². The zero-order valence-electron chi connectivity index (χ0n) is 8.81. The zero-order valence-corrected chi connectivity index (χ0v) is 10.4. The van der Waals surface area contributed by atoms with Crippen LogP contribution in [-0.4, -0.2) is 0 Å². The standard InChI is InChI=1S/C12H12FNS.ClH/c1-8-4-5-10(13)9(7-8)12(14)11-3-2-6-15-11;/h2-7,12H,14H2,1H3;1H/t12-;/m1./s1. The molecule has 2 N–H and O–H groups in total. The van der Waals surface area contributed by atoms with Crippen molar-refractivity contribution in [3.63, 3.8) is 0 Å². The van der Waals surface area contributed by atoms with E-state index in [9.17, 15) is 4.39 Å². The normalized spacial score (nSPS) is 11.9. The van der Waals surface area contributed by atoms with E-state index in [1.807, 2.05) is 24.4 Å². The summed E-state index contributed by atoms with van der Waals surface area (Å²) in [7, 11) is 0. The Morgan fingerprint density at radius 3 is 2.69 bits per heavy atom. The van der Waals surface area contributed by atoms with Crippen LogP contribution in [0.3, 0.4) is 0 Å². The highest BCUT2D eigenvalue weighted by molar-refractivity contribution is 7.10. The van der Waals surface area contributed by atoms with Crippen molar-refractivity contribution in [2.24, 2.45) is 5.73 Å². The third-order valence-electron chi connectivity index (χ3n) is 2.34. The van der Waals surface area contributed by atoms with Crippen molar-refractivity contribution in [1.29, 1.82) is 0 Å². The minimum absolute atomic E-state index is 0. The maximum absolute atomic E-state index is 13.5. The molecule has 0 fully saturated rings. The molecule has 1 atom stereocenters. The predicted molar refractivity (Wildman–Crippen MR) is 68.7 cm³/mol. The summed E-state index contributed by atoms with van der Waals surface area (Å²) in [6.07, 6.45) is 0. The second kappa shape index (κ2) is 5.43.